The van der Waals surface area contributed by atoms with E-state index in [-0.39, 0.29) is 26.3 Å². The van der Waals surface area contributed by atoms with Gasteiger partial charge in [-0.25, -0.2) is 13.1 Å². The molecule has 0 atom stereocenters. The highest BCUT2D eigenvalue weighted by Crippen LogP contribution is 2.51. The molecule has 3 aromatic rings. The minimum Gasteiger partial charge on any atom is -0.454 e. The predicted octanol–water partition coefficient (Wildman–Crippen LogP) is 5.70. The number of aryl methyl sites for hydroxylation is 1. The van der Waals surface area contributed by atoms with Crippen LogP contribution in [0.5, 0.6) is 11.5 Å². The van der Waals surface area contributed by atoms with Crippen LogP contribution in [-0.4, -0.2) is 26.7 Å². The van der Waals surface area contributed by atoms with Crippen LogP contribution < -0.4 is 14.2 Å². The summed E-state index contributed by atoms with van der Waals surface area (Å²) in [6.07, 6.45) is 3.59. The van der Waals surface area contributed by atoms with Gasteiger partial charge in [0.2, 0.25) is 16.8 Å². The standard InChI is InChI=1S/C30H33NO5S.H2/c1-3-4-15-37(33,34)31-19-22-7-9-24(10-8-22)26-16-23(6-5-21(26)2)17-29(32)30(13-14-30)25-11-12-27-28(18-25)36-20-35-27;/h5-12,16,18,31H,3-4,13-15,17,19-20H2,1-2H3;1H. The van der Waals surface area contributed by atoms with E-state index in [0.717, 1.165) is 58.4 Å². The van der Waals surface area contributed by atoms with E-state index >= 15 is 0 Å². The lowest BCUT2D eigenvalue weighted by atomic mass is 9.87. The van der Waals surface area contributed by atoms with E-state index in [1.165, 1.54) is 0 Å². The predicted molar refractivity (Wildman–Crippen MR) is 146 cm³/mol. The fourth-order valence-corrected chi connectivity index (χ4v) is 6.09. The molecule has 196 valence electrons. The van der Waals surface area contributed by atoms with Crippen LogP contribution >= 0.6 is 0 Å². The van der Waals surface area contributed by atoms with Crippen molar-refractivity contribution in [1.29, 1.82) is 0 Å². The zero-order chi connectivity index (χ0) is 26.0. The minimum absolute atomic E-state index is 0. The lowest BCUT2D eigenvalue weighted by Gasteiger charge is -2.16. The molecule has 1 heterocycles. The molecule has 0 spiro atoms. The number of fused-ring (bicyclic) bond motifs is 1. The quantitative estimate of drug-likeness (QED) is 0.350. The van der Waals surface area contributed by atoms with Crippen molar-refractivity contribution in [2.75, 3.05) is 12.5 Å². The molecule has 0 aromatic heterocycles. The topological polar surface area (TPSA) is 81.7 Å². The monoisotopic (exact) mass is 521 g/mol. The summed E-state index contributed by atoms with van der Waals surface area (Å²) in [5, 5.41) is 0. The van der Waals surface area contributed by atoms with Gasteiger partial charge in [-0.3, -0.25) is 4.79 Å². The molecule has 0 radical (unpaired) electrons. The van der Waals surface area contributed by atoms with Crippen LogP contribution in [0.15, 0.2) is 60.7 Å². The zero-order valence-electron chi connectivity index (χ0n) is 21.4. The molecule has 0 saturated heterocycles. The Labute approximate surface area is 220 Å². The maximum atomic E-state index is 13.5. The first-order chi connectivity index (χ1) is 17.8. The van der Waals surface area contributed by atoms with E-state index in [2.05, 4.69) is 23.8 Å². The summed E-state index contributed by atoms with van der Waals surface area (Å²) in [5.41, 5.74) is 5.72. The minimum atomic E-state index is -3.25. The Kier molecular flexibility index (Phi) is 7.10. The molecule has 2 aliphatic rings. The van der Waals surface area contributed by atoms with Crippen LogP contribution in [0.3, 0.4) is 0 Å². The molecule has 37 heavy (non-hydrogen) atoms. The molecule has 6 nitrogen and oxygen atoms in total. The number of ether oxygens (including phenoxy) is 2. The van der Waals surface area contributed by atoms with Crippen molar-refractivity contribution < 1.29 is 24.1 Å². The molecule has 0 bridgehead atoms. The Morgan fingerprint density at radius 2 is 1.70 bits per heavy atom. The molecule has 5 rings (SSSR count). The average molecular weight is 522 g/mol. The first kappa shape index (κ1) is 25.5. The van der Waals surface area contributed by atoms with Gasteiger partial charge in [0.05, 0.1) is 11.2 Å². The Hall–Kier alpha value is -3.16. The molecule has 0 unspecified atom stereocenters. The number of sulfonamides is 1. The molecule has 1 fully saturated rings. The smallest absolute Gasteiger partial charge is 0.231 e. The molecule has 3 aromatic carbocycles. The summed E-state index contributed by atoms with van der Waals surface area (Å²) < 4.78 is 37.8. The fraction of sp³-hybridized carbons (Fsp3) is 0.367. The molecule has 7 heteroatoms. The SMILES string of the molecule is CCCCS(=O)(=O)NCc1ccc(-c2cc(CC(=O)C3(c4ccc5c(c4)OCO5)CC3)ccc2C)cc1.[HH]. The number of hydrogen-bond acceptors (Lipinski definition) is 5. The van der Waals surface area contributed by atoms with Gasteiger partial charge in [-0.15, -0.1) is 0 Å². The van der Waals surface area contributed by atoms with E-state index < -0.39 is 15.4 Å². The molecule has 0 amide bonds. The third kappa shape index (κ3) is 5.58. The van der Waals surface area contributed by atoms with Gasteiger partial charge >= 0.3 is 0 Å². The maximum absolute atomic E-state index is 13.5. The first-order valence-electron chi connectivity index (χ1n) is 12.9. The van der Waals surface area contributed by atoms with Gasteiger partial charge in [0.25, 0.3) is 0 Å². The maximum Gasteiger partial charge on any atom is 0.231 e. The molecule has 1 N–H and O–H groups in total. The summed E-state index contributed by atoms with van der Waals surface area (Å²) in [6.45, 7) is 4.54. The highest BCUT2D eigenvalue weighted by atomic mass is 32.2. The number of rotatable bonds is 11. The number of ketones is 1. The van der Waals surface area contributed by atoms with Gasteiger partial charge in [0, 0.05) is 14.4 Å². The van der Waals surface area contributed by atoms with Gasteiger partial charge in [-0.05, 0) is 71.7 Å². The summed E-state index contributed by atoms with van der Waals surface area (Å²) >= 11 is 0. The van der Waals surface area contributed by atoms with E-state index in [1.807, 2.05) is 55.5 Å². The van der Waals surface area contributed by atoms with Crippen LogP contribution in [0.1, 0.15) is 56.3 Å². The lowest BCUT2D eigenvalue weighted by Crippen LogP contribution is -2.25. The van der Waals surface area contributed by atoms with Gasteiger partial charge in [-0.2, -0.15) is 0 Å². The molecular weight excluding hydrogens is 486 g/mol. The molecule has 1 aliphatic carbocycles. The second-order valence-electron chi connectivity index (χ2n) is 10.1. The molecule has 1 saturated carbocycles. The summed E-state index contributed by atoms with van der Waals surface area (Å²) in [7, 11) is -3.25. The van der Waals surface area contributed by atoms with Gasteiger partial charge in [0.15, 0.2) is 11.5 Å². The first-order valence-corrected chi connectivity index (χ1v) is 14.5. The normalized spacial score (nSPS) is 15.5. The molecular formula is C30H35NO5S. The molecule has 1 aliphatic heterocycles. The van der Waals surface area contributed by atoms with E-state index in [1.54, 1.807) is 0 Å². The van der Waals surface area contributed by atoms with Crippen molar-refractivity contribution in [2.24, 2.45) is 0 Å². The number of unbranched alkanes of at least 4 members (excludes halogenated alkanes) is 1. The highest BCUT2D eigenvalue weighted by Gasteiger charge is 2.50. The van der Waals surface area contributed by atoms with Crippen LogP contribution in [0.2, 0.25) is 0 Å². The number of nitrogens with one attached hydrogen (secondary N) is 1. The van der Waals surface area contributed by atoms with E-state index in [9.17, 15) is 13.2 Å². The third-order valence-electron chi connectivity index (χ3n) is 7.40. The van der Waals surface area contributed by atoms with Gasteiger partial charge < -0.3 is 9.47 Å². The van der Waals surface area contributed by atoms with Crippen molar-refractivity contribution in [1.82, 2.24) is 4.72 Å². The van der Waals surface area contributed by atoms with Crippen LogP contribution in [0, 0.1) is 6.92 Å². The number of Topliss-reactive ketones (excluding diaryl/α,β-unsaturated/α-hetero) is 1. The van der Waals surface area contributed by atoms with Crippen molar-refractivity contribution in [3.05, 3.63) is 82.9 Å². The van der Waals surface area contributed by atoms with E-state index in [0.29, 0.717) is 18.6 Å². The Morgan fingerprint density at radius 1 is 0.973 bits per heavy atom. The summed E-state index contributed by atoms with van der Waals surface area (Å²) in [6, 6.07) is 20.0. The largest absolute Gasteiger partial charge is 0.454 e. The van der Waals surface area contributed by atoms with E-state index in [4.69, 9.17) is 9.47 Å². The van der Waals surface area contributed by atoms with Gasteiger partial charge in [0.1, 0.15) is 5.78 Å². The summed E-state index contributed by atoms with van der Waals surface area (Å²) in [4.78, 5) is 13.5. The summed E-state index contributed by atoms with van der Waals surface area (Å²) in [5.74, 6) is 1.83. The second kappa shape index (κ2) is 10.3. The Morgan fingerprint density at radius 3 is 2.43 bits per heavy atom. The van der Waals surface area contributed by atoms with Crippen molar-refractivity contribution in [3.8, 4) is 22.6 Å². The lowest BCUT2D eigenvalue weighted by molar-refractivity contribution is -0.120. The van der Waals surface area contributed by atoms with Crippen molar-refractivity contribution in [3.63, 3.8) is 0 Å². The number of hydrogen-bond donors (Lipinski definition) is 1. The van der Waals surface area contributed by atoms with Crippen LogP contribution in [-0.2, 0) is 33.2 Å². The fourth-order valence-electron chi connectivity index (χ4n) is 4.89. The van der Waals surface area contributed by atoms with Crippen LogP contribution in [0.4, 0.5) is 0 Å². The number of benzene rings is 3. The third-order valence-corrected chi connectivity index (χ3v) is 8.81. The van der Waals surface area contributed by atoms with Crippen molar-refractivity contribution >= 4 is 15.8 Å². The van der Waals surface area contributed by atoms with Gasteiger partial charge in [-0.1, -0.05) is 61.9 Å². The zero-order valence-corrected chi connectivity index (χ0v) is 22.2. The van der Waals surface area contributed by atoms with Crippen LogP contribution in [0.25, 0.3) is 11.1 Å². The highest BCUT2D eigenvalue weighted by molar-refractivity contribution is 7.89. The Balaban J connectivity index is 0.00000336. The number of carbonyl (C=O) groups excluding carboxylic acids is 1. The van der Waals surface area contributed by atoms with Crippen molar-refractivity contribution in [2.45, 2.75) is 57.9 Å². The average Bonchev–Trinajstić information content (AvgIpc) is 3.58. The Bertz CT molecular complexity index is 1420. The second-order valence-corrected chi connectivity index (χ2v) is 12.0. The number of carbonyl (C=O) groups is 1.